The van der Waals surface area contributed by atoms with Crippen LogP contribution in [0.2, 0.25) is 5.02 Å². The van der Waals surface area contributed by atoms with E-state index >= 15 is 0 Å². The van der Waals surface area contributed by atoms with Crippen LogP contribution in [0, 0.1) is 0 Å². The van der Waals surface area contributed by atoms with Crippen LogP contribution in [-0.2, 0) is 10.4 Å². The Balaban J connectivity index is 1.90. The zero-order valence-electron chi connectivity index (χ0n) is 14.2. The van der Waals surface area contributed by atoms with Crippen LogP contribution in [0.5, 0.6) is 5.75 Å². The van der Waals surface area contributed by atoms with E-state index in [1.54, 1.807) is 60.7 Å². The van der Waals surface area contributed by atoms with E-state index in [1.165, 1.54) is 24.4 Å². The highest BCUT2D eigenvalue weighted by molar-refractivity contribution is 6.30. The van der Waals surface area contributed by atoms with Crippen molar-refractivity contribution in [2.24, 2.45) is 5.10 Å². The van der Waals surface area contributed by atoms with Crippen molar-refractivity contribution in [1.82, 2.24) is 5.43 Å². The zero-order valence-corrected chi connectivity index (χ0v) is 15.0. The van der Waals surface area contributed by atoms with Crippen LogP contribution in [0.25, 0.3) is 0 Å². The van der Waals surface area contributed by atoms with E-state index in [0.29, 0.717) is 21.7 Å². The van der Waals surface area contributed by atoms with E-state index in [4.69, 9.17) is 11.6 Å². The molecule has 0 aromatic heterocycles. The van der Waals surface area contributed by atoms with Crippen molar-refractivity contribution in [2.75, 3.05) is 0 Å². The number of amides is 1. The Morgan fingerprint density at radius 2 is 1.52 bits per heavy atom. The highest BCUT2D eigenvalue weighted by Gasteiger charge is 2.39. The van der Waals surface area contributed by atoms with E-state index in [9.17, 15) is 15.0 Å². The van der Waals surface area contributed by atoms with Gasteiger partial charge in [-0.1, -0.05) is 72.3 Å². The van der Waals surface area contributed by atoms with E-state index < -0.39 is 11.5 Å². The number of benzene rings is 3. The summed E-state index contributed by atoms with van der Waals surface area (Å²) in [6.45, 7) is 0. The lowest BCUT2D eigenvalue weighted by molar-refractivity contribution is -0.136. The Labute approximate surface area is 161 Å². The molecule has 6 heteroatoms. The predicted molar refractivity (Wildman–Crippen MR) is 105 cm³/mol. The van der Waals surface area contributed by atoms with Crippen LogP contribution in [0.15, 0.2) is 84.0 Å². The Hall–Kier alpha value is -3.15. The molecule has 0 atom stereocenters. The third-order valence-electron chi connectivity index (χ3n) is 4.07. The van der Waals surface area contributed by atoms with Gasteiger partial charge >= 0.3 is 0 Å². The maximum absolute atomic E-state index is 12.8. The molecular weight excluding hydrogens is 364 g/mol. The molecule has 27 heavy (non-hydrogen) atoms. The van der Waals surface area contributed by atoms with Gasteiger partial charge in [0.2, 0.25) is 0 Å². The summed E-state index contributed by atoms with van der Waals surface area (Å²) >= 11 is 5.89. The minimum atomic E-state index is -1.92. The molecular formula is C21H17ClN2O3. The fraction of sp³-hybridized carbons (Fsp3) is 0.0476. The van der Waals surface area contributed by atoms with Crippen molar-refractivity contribution in [2.45, 2.75) is 5.60 Å². The highest BCUT2D eigenvalue weighted by Crippen LogP contribution is 2.29. The number of halogens is 1. The second-order valence-electron chi connectivity index (χ2n) is 5.84. The molecule has 5 nitrogen and oxygen atoms in total. The molecule has 0 radical (unpaired) electrons. The third-order valence-corrected chi connectivity index (χ3v) is 4.31. The topological polar surface area (TPSA) is 81.9 Å². The van der Waals surface area contributed by atoms with Gasteiger partial charge in [-0.2, -0.15) is 5.10 Å². The first-order valence-corrected chi connectivity index (χ1v) is 8.55. The van der Waals surface area contributed by atoms with Gasteiger partial charge in [0.1, 0.15) is 5.75 Å². The first kappa shape index (κ1) is 18.6. The third kappa shape index (κ3) is 4.00. The molecule has 0 aliphatic carbocycles. The number of phenols is 1. The van der Waals surface area contributed by atoms with Crippen LogP contribution in [0.1, 0.15) is 16.7 Å². The molecule has 0 bridgehead atoms. The predicted octanol–water partition coefficient (Wildman–Crippen LogP) is 3.43. The average molecular weight is 381 g/mol. The van der Waals surface area contributed by atoms with Crippen molar-refractivity contribution >= 4 is 23.7 Å². The zero-order chi connectivity index (χ0) is 19.3. The van der Waals surface area contributed by atoms with Gasteiger partial charge in [-0.3, -0.25) is 4.79 Å². The molecule has 0 aliphatic heterocycles. The van der Waals surface area contributed by atoms with Gasteiger partial charge in [-0.25, -0.2) is 5.43 Å². The minimum Gasteiger partial charge on any atom is -0.507 e. The Kier molecular flexibility index (Phi) is 5.54. The van der Waals surface area contributed by atoms with E-state index in [2.05, 4.69) is 10.5 Å². The molecule has 0 aliphatic rings. The van der Waals surface area contributed by atoms with Gasteiger partial charge in [0, 0.05) is 10.6 Å². The molecule has 0 heterocycles. The summed E-state index contributed by atoms with van der Waals surface area (Å²) in [5, 5.41) is 25.3. The molecule has 3 N–H and O–H groups in total. The molecule has 0 fully saturated rings. The molecule has 0 spiro atoms. The van der Waals surface area contributed by atoms with Gasteiger partial charge in [0.25, 0.3) is 5.91 Å². The second-order valence-corrected chi connectivity index (χ2v) is 6.28. The summed E-state index contributed by atoms with van der Waals surface area (Å²) in [5.74, 6) is -0.753. The van der Waals surface area contributed by atoms with E-state index in [0.717, 1.165) is 0 Å². The number of carbonyl (C=O) groups excluding carboxylic acids is 1. The second kappa shape index (κ2) is 8.03. The number of phenolic OH excluding ortho intramolecular Hbond substituents is 1. The Morgan fingerprint density at radius 1 is 0.963 bits per heavy atom. The van der Waals surface area contributed by atoms with Gasteiger partial charge < -0.3 is 10.2 Å². The molecule has 1 amide bonds. The number of nitrogens with zero attached hydrogens (tertiary/aromatic N) is 1. The summed E-state index contributed by atoms with van der Waals surface area (Å²) < 4.78 is 0. The summed E-state index contributed by atoms with van der Waals surface area (Å²) in [6, 6.07) is 21.7. The highest BCUT2D eigenvalue weighted by atomic mass is 35.5. The number of carbonyl (C=O) groups is 1. The van der Waals surface area contributed by atoms with Crippen LogP contribution >= 0.6 is 11.6 Å². The number of hydrogen-bond donors (Lipinski definition) is 3. The quantitative estimate of drug-likeness (QED) is 0.468. The first-order chi connectivity index (χ1) is 13.0. The summed E-state index contributed by atoms with van der Waals surface area (Å²) in [5.41, 5.74) is 1.58. The Morgan fingerprint density at radius 3 is 2.07 bits per heavy atom. The normalized spacial score (nSPS) is 11.5. The van der Waals surface area contributed by atoms with Crippen LogP contribution in [-0.4, -0.2) is 22.3 Å². The maximum Gasteiger partial charge on any atom is 0.281 e. The largest absolute Gasteiger partial charge is 0.507 e. The number of aliphatic hydroxyl groups is 1. The standard InChI is InChI=1S/C21H17ClN2O3/c22-18-11-12-19(25)15(13-18)14-23-24-20(26)21(27,16-7-3-1-4-8-16)17-9-5-2-6-10-17/h1-14,25,27H,(H,24,26). The fourth-order valence-electron chi connectivity index (χ4n) is 2.66. The molecule has 3 aromatic rings. The van der Waals surface area contributed by atoms with Crippen LogP contribution < -0.4 is 5.43 Å². The lowest BCUT2D eigenvalue weighted by Crippen LogP contribution is -2.43. The number of hydrogen-bond acceptors (Lipinski definition) is 4. The number of rotatable bonds is 5. The molecule has 3 rings (SSSR count). The molecule has 0 unspecified atom stereocenters. The van der Waals surface area contributed by atoms with E-state index in [1.807, 2.05) is 0 Å². The lowest BCUT2D eigenvalue weighted by Gasteiger charge is -2.27. The van der Waals surface area contributed by atoms with Crippen molar-refractivity contribution in [1.29, 1.82) is 0 Å². The summed E-state index contributed by atoms with van der Waals surface area (Å²) in [4.78, 5) is 12.8. The van der Waals surface area contributed by atoms with Gasteiger partial charge in [-0.05, 0) is 29.3 Å². The number of nitrogens with one attached hydrogen (secondary N) is 1. The van der Waals surface area contributed by atoms with Crippen LogP contribution in [0.4, 0.5) is 0 Å². The molecule has 0 saturated carbocycles. The summed E-state index contributed by atoms with van der Waals surface area (Å²) in [7, 11) is 0. The van der Waals surface area contributed by atoms with Crippen molar-refractivity contribution in [3.05, 3.63) is 101 Å². The van der Waals surface area contributed by atoms with Crippen molar-refractivity contribution in [3.8, 4) is 5.75 Å². The molecule has 3 aromatic carbocycles. The smallest absolute Gasteiger partial charge is 0.281 e. The van der Waals surface area contributed by atoms with Crippen LogP contribution in [0.3, 0.4) is 0 Å². The average Bonchev–Trinajstić information content (AvgIpc) is 2.71. The van der Waals surface area contributed by atoms with Crippen molar-refractivity contribution in [3.63, 3.8) is 0 Å². The first-order valence-electron chi connectivity index (χ1n) is 8.17. The fourth-order valence-corrected chi connectivity index (χ4v) is 2.84. The lowest BCUT2D eigenvalue weighted by atomic mass is 9.85. The Bertz CT molecular complexity index is 920. The number of hydrazone groups is 1. The number of aromatic hydroxyl groups is 1. The maximum atomic E-state index is 12.8. The SMILES string of the molecule is O=C(NN=Cc1cc(Cl)ccc1O)C(O)(c1ccccc1)c1ccccc1. The van der Waals surface area contributed by atoms with Crippen molar-refractivity contribution < 1.29 is 15.0 Å². The molecule has 0 saturated heterocycles. The monoisotopic (exact) mass is 380 g/mol. The summed E-state index contributed by atoms with van der Waals surface area (Å²) in [6.07, 6.45) is 1.26. The van der Waals surface area contributed by atoms with Gasteiger partial charge in [0.05, 0.1) is 6.21 Å². The minimum absolute atomic E-state index is 0.0289. The van der Waals surface area contributed by atoms with E-state index in [-0.39, 0.29) is 5.75 Å². The van der Waals surface area contributed by atoms with Gasteiger partial charge in [0.15, 0.2) is 5.60 Å². The van der Waals surface area contributed by atoms with Gasteiger partial charge in [-0.15, -0.1) is 0 Å². The molecule has 136 valence electrons.